The second kappa shape index (κ2) is 8.30. The van der Waals surface area contributed by atoms with Gasteiger partial charge in [0.2, 0.25) is 6.04 Å². The Kier molecular flexibility index (Phi) is 6.14. The topological polar surface area (TPSA) is 116 Å². The molecule has 1 saturated heterocycles. The number of benzene rings is 1. The third kappa shape index (κ3) is 4.69. The molecule has 1 amide bonds. The van der Waals surface area contributed by atoms with Crippen molar-refractivity contribution in [1.82, 2.24) is 10.2 Å². The molecule has 0 saturated carbocycles. The highest BCUT2D eigenvalue weighted by molar-refractivity contribution is 5.97. The molecular weight excluding hydrogens is 316 g/mol. The van der Waals surface area contributed by atoms with E-state index < -0.39 is 24.1 Å². The zero-order valence-electron chi connectivity index (χ0n) is 13.1. The Morgan fingerprint density at radius 1 is 1.21 bits per heavy atom. The van der Waals surface area contributed by atoms with Gasteiger partial charge in [-0.1, -0.05) is 30.3 Å². The first-order valence-electron chi connectivity index (χ1n) is 7.65. The highest BCUT2D eigenvalue weighted by Crippen LogP contribution is 2.20. The number of alkyl carbamates (subject to hydrolysis) is 1. The quantitative estimate of drug-likeness (QED) is 0.634. The third-order valence-electron chi connectivity index (χ3n) is 3.92. The van der Waals surface area contributed by atoms with Gasteiger partial charge in [0.15, 0.2) is 0 Å². The Balaban J connectivity index is 1.82. The molecule has 130 valence electrons. The number of carboxylic acids is 2. The van der Waals surface area contributed by atoms with Crippen LogP contribution in [0, 0.1) is 0 Å². The number of hydrogen-bond acceptors (Lipinski definition) is 5. The maximum atomic E-state index is 11.7. The van der Waals surface area contributed by atoms with Crippen LogP contribution >= 0.6 is 0 Å². The predicted molar refractivity (Wildman–Crippen MR) is 83.4 cm³/mol. The molecule has 8 heteroatoms. The number of nitrogens with zero attached hydrogens (tertiary/aromatic N) is 1. The van der Waals surface area contributed by atoms with E-state index in [1.165, 1.54) is 4.90 Å². The van der Waals surface area contributed by atoms with E-state index in [0.29, 0.717) is 19.4 Å². The summed E-state index contributed by atoms with van der Waals surface area (Å²) in [5.74, 6) is -2.80. The first kappa shape index (κ1) is 17.7. The molecule has 0 bridgehead atoms. The van der Waals surface area contributed by atoms with E-state index in [-0.39, 0.29) is 19.2 Å². The molecular formula is C16H20N2O6. The van der Waals surface area contributed by atoms with Crippen LogP contribution in [0.1, 0.15) is 18.4 Å². The molecule has 1 aromatic rings. The second-order valence-corrected chi connectivity index (χ2v) is 5.56. The van der Waals surface area contributed by atoms with Crippen molar-refractivity contribution in [2.75, 3.05) is 13.1 Å². The van der Waals surface area contributed by atoms with Gasteiger partial charge in [-0.05, 0) is 24.9 Å². The van der Waals surface area contributed by atoms with Crippen molar-refractivity contribution in [3.63, 3.8) is 0 Å². The molecule has 0 aliphatic carbocycles. The van der Waals surface area contributed by atoms with Crippen LogP contribution in [-0.4, -0.2) is 58.3 Å². The fraction of sp³-hybridized carbons (Fsp3) is 0.438. The number of aliphatic carboxylic acids is 2. The van der Waals surface area contributed by atoms with Crippen LogP contribution in [0.3, 0.4) is 0 Å². The van der Waals surface area contributed by atoms with Gasteiger partial charge in [-0.3, -0.25) is 4.90 Å². The zero-order chi connectivity index (χ0) is 17.5. The van der Waals surface area contributed by atoms with E-state index in [1.807, 2.05) is 30.3 Å². The molecule has 1 aliphatic heterocycles. The largest absolute Gasteiger partial charge is 0.480 e. The molecule has 1 fully saturated rings. The van der Waals surface area contributed by atoms with Crippen molar-refractivity contribution in [3.8, 4) is 0 Å². The lowest BCUT2D eigenvalue weighted by atomic mass is 10.2. The van der Waals surface area contributed by atoms with E-state index in [1.54, 1.807) is 0 Å². The Morgan fingerprint density at radius 2 is 1.88 bits per heavy atom. The number of carboxylic acid groups (broad SMARTS) is 2. The molecule has 2 rings (SSSR count). The molecule has 1 atom stereocenters. The third-order valence-corrected chi connectivity index (χ3v) is 3.92. The molecule has 0 unspecified atom stereocenters. The maximum absolute atomic E-state index is 11.7. The molecule has 1 aliphatic rings. The van der Waals surface area contributed by atoms with Gasteiger partial charge in [0.25, 0.3) is 0 Å². The van der Waals surface area contributed by atoms with Gasteiger partial charge in [-0.2, -0.15) is 0 Å². The Morgan fingerprint density at radius 3 is 2.50 bits per heavy atom. The van der Waals surface area contributed by atoms with E-state index in [9.17, 15) is 14.4 Å². The first-order chi connectivity index (χ1) is 11.5. The zero-order valence-corrected chi connectivity index (χ0v) is 13.1. The monoisotopic (exact) mass is 336 g/mol. The van der Waals surface area contributed by atoms with Gasteiger partial charge in [0.1, 0.15) is 6.61 Å². The lowest BCUT2D eigenvalue weighted by Gasteiger charge is -2.27. The van der Waals surface area contributed by atoms with Gasteiger partial charge >= 0.3 is 18.0 Å². The molecule has 8 nitrogen and oxygen atoms in total. The summed E-state index contributed by atoms with van der Waals surface area (Å²) < 4.78 is 5.08. The first-order valence-corrected chi connectivity index (χ1v) is 7.65. The number of carbonyl (C=O) groups is 3. The minimum absolute atomic E-state index is 0.133. The summed E-state index contributed by atoms with van der Waals surface area (Å²) >= 11 is 0. The molecule has 0 spiro atoms. The lowest BCUT2D eigenvalue weighted by Crippen LogP contribution is -2.52. The molecule has 0 radical (unpaired) electrons. The van der Waals surface area contributed by atoms with E-state index >= 15 is 0 Å². The summed E-state index contributed by atoms with van der Waals surface area (Å²) in [6.45, 7) is 0.646. The smallest absolute Gasteiger partial charge is 0.407 e. The average molecular weight is 336 g/mol. The van der Waals surface area contributed by atoms with Crippen LogP contribution in [0.25, 0.3) is 0 Å². The standard InChI is InChI=1S/C16H20N2O6/c19-14(20)13(15(21)22)18-8-4-7-12(18)9-17-16(23)24-10-11-5-2-1-3-6-11/h1-3,5-6,12-13H,4,7-10H2,(H,17,23)(H,19,20)(H,21,22)/t12-/m1/s1. The normalized spacial score (nSPS) is 17.6. The molecule has 1 heterocycles. The van der Waals surface area contributed by atoms with Crippen molar-refractivity contribution in [3.05, 3.63) is 35.9 Å². The van der Waals surface area contributed by atoms with E-state index in [2.05, 4.69) is 5.32 Å². The van der Waals surface area contributed by atoms with E-state index in [4.69, 9.17) is 14.9 Å². The van der Waals surface area contributed by atoms with Crippen LogP contribution in [0.15, 0.2) is 30.3 Å². The van der Waals surface area contributed by atoms with Crippen molar-refractivity contribution < 1.29 is 29.3 Å². The number of rotatable bonds is 7. The number of amides is 1. The number of ether oxygens (including phenoxy) is 1. The summed E-state index contributed by atoms with van der Waals surface area (Å²) in [6.07, 6.45) is 0.686. The van der Waals surface area contributed by atoms with E-state index in [0.717, 1.165) is 5.56 Å². The Labute approximate surface area is 139 Å². The fourth-order valence-corrected chi connectivity index (χ4v) is 2.78. The maximum Gasteiger partial charge on any atom is 0.407 e. The SMILES string of the molecule is O=C(NC[C@H]1CCCN1C(C(=O)O)C(=O)O)OCc1ccccc1. The molecule has 1 aromatic carbocycles. The summed E-state index contributed by atoms with van der Waals surface area (Å²) in [6, 6.07) is 7.26. The lowest BCUT2D eigenvalue weighted by molar-refractivity contribution is -0.157. The molecule has 0 aromatic heterocycles. The van der Waals surface area contributed by atoms with Crippen LogP contribution in [0.2, 0.25) is 0 Å². The Hall–Kier alpha value is -2.61. The summed E-state index contributed by atoms with van der Waals surface area (Å²) in [4.78, 5) is 35.4. The van der Waals surface area contributed by atoms with Crippen LogP contribution in [0.5, 0.6) is 0 Å². The van der Waals surface area contributed by atoms with Gasteiger partial charge in [-0.25, -0.2) is 14.4 Å². The number of nitrogens with one attached hydrogen (secondary N) is 1. The van der Waals surface area contributed by atoms with Gasteiger partial charge in [0, 0.05) is 12.6 Å². The van der Waals surface area contributed by atoms with Crippen molar-refractivity contribution >= 4 is 18.0 Å². The van der Waals surface area contributed by atoms with Crippen LogP contribution < -0.4 is 5.32 Å². The van der Waals surface area contributed by atoms with Crippen LogP contribution in [-0.2, 0) is 20.9 Å². The van der Waals surface area contributed by atoms with Gasteiger partial charge < -0.3 is 20.3 Å². The Bertz CT molecular complexity index is 577. The van der Waals surface area contributed by atoms with Crippen molar-refractivity contribution in [2.45, 2.75) is 31.5 Å². The van der Waals surface area contributed by atoms with Gasteiger partial charge in [0.05, 0.1) is 0 Å². The number of likely N-dealkylation sites (tertiary alicyclic amines) is 1. The van der Waals surface area contributed by atoms with Crippen molar-refractivity contribution in [2.24, 2.45) is 0 Å². The molecule has 24 heavy (non-hydrogen) atoms. The van der Waals surface area contributed by atoms with Crippen LogP contribution in [0.4, 0.5) is 4.79 Å². The summed E-state index contributed by atoms with van der Waals surface area (Å²) in [5, 5.41) is 20.7. The van der Waals surface area contributed by atoms with Crippen molar-refractivity contribution in [1.29, 1.82) is 0 Å². The predicted octanol–water partition coefficient (Wildman–Crippen LogP) is 0.915. The summed E-state index contributed by atoms with van der Waals surface area (Å²) in [7, 11) is 0. The molecule has 3 N–H and O–H groups in total. The average Bonchev–Trinajstić information content (AvgIpc) is 2.99. The van der Waals surface area contributed by atoms with Gasteiger partial charge in [-0.15, -0.1) is 0 Å². The fourth-order valence-electron chi connectivity index (χ4n) is 2.78. The minimum atomic E-state index is -1.60. The number of carbonyl (C=O) groups excluding carboxylic acids is 1. The number of hydrogen-bond donors (Lipinski definition) is 3. The second-order valence-electron chi connectivity index (χ2n) is 5.56. The summed E-state index contributed by atoms with van der Waals surface area (Å²) in [5.41, 5.74) is 0.854. The minimum Gasteiger partial charge on any atom is -0.480 e. The highest BCUT2D eigenvalue weighted by atomic mass is 16.5. The highest BCUT2D eigenvalue weighted by Gasteiger charge is 2.39.